The van der Waals surface area contributed by atoms with E-state index in [2.05, 4.69) is 211 Å². The largest absolute Gasteiger partial charge is 0.456 e. The van der Waals surface area contributed by atoms with E-state index in [9.17, 15) is 0 Å². The van der Waals surface area contributed by atoms with Crippen molar-refractivity contribution in [2.75, 3.05) is 4.90 Å². The molecule has 0 N–H and O–H groups in total. The van der Waals surface area contributed by atoms with Gasteiger partial charge in [-0.2, -0.15) is 0 Å². The highest BCUT2D eigenvalue weighted by Crippen LogP contribution is 2.49. The number of hydrogen-bond acceptors (Lipinski definition) is 2. The third-order valence-electron chi connectivity index (χ3n) is 11.2. The van der Waals surface area contributed by atoms with Gasteiger partial charge >= 0.3 is 0 Å². The quantitative estimate of drug-likeness (QED) is 0.160. The normalized spacial score (nSPS) is 11.6. The lowest BCUT2D eigenvalue weighted by Gasteiger charge is -2.30. The van der Waals surface area contributed by atoms with Crippen LogP contribution in [-0.2, 0) is 0 Å². The average Bonchev–Trinajstić information content (AvgIpc) is 3.65. The minimum atomic E-state index is 0.882. The summed E-state index contributed by atoms with van der Waals surface area (Å²) in [4.78, 5) is 2.43. The lowest BCUT2D eigenvalue weighted by molar-refractivity contribution is 0.669. The molecule has 0 aliphatic rings. The molecule has 262 valence electrons. The highest BCUT2D eigenvalue weighted by atomic mass is 16.3. The monoisotopic (exact) mass is 713 g/mol. The van der Waals surface area contributed by atoms with Crippen LogP contribution in [0, 0.1) is 0 Å². The number of nitrogens with zero attached hydrogens (tertiary/aromatic N) is 1. The summed E-state index contributed by atoms with van der Waals surface area (Å²) in [5.41, 5.74) is 12.1. The Morgan fingerprint density at radius 3 is 1.77 bits per heavy atom. The van der Waals surface area contributed by atoms with Crippen LogP contribution >= 0.6 is 0 Å². The topological polar surface area (TPSA) is 16.4 Å². The second kappa shape index (κ2) is 13.2. The highest BCUT2D eigenvalue weighted by molar-refractivity contribution is 6.16. The Labute approximate surface area is 325 Å². The van der Waals surface area contributed by atoms with Crippen LogP contribution in [0.25, 0.3) is 87.6 Å². The summed E-state index contributed by atoms with van der Waals surface area (Å²) in [6, 6.07) is 76.7. The second-order valence-corrected chi connectivity index (χ2v) is 14.5. The molecule has 0 amide bonds. The molecule has 2 heteroatoms. The van der Waals surface area contributed by atoms with E-state index in [1.165, 1.54) is 54.6 Å². The Kier molecular flexibility index (Phi) is 7.53. The van der Waals surface area contributed by atoms with Gasteiger partial charge in [0.1, 0.15) is 11.2 Å². The molecule has 0 aliphatic carbocycles. The summed E-state index contributed by atoms with van der Waals surface area (Å²) in [6.45, 7) is 0. The summed E-state index contributed by atoms with van der Waals surface area (Å²) >= 11 is 0. The number of furan rings is 1. The Bertz CT molecular complexity index is 3250. The van der Waals surface area contributed by atoms with Crippen molar-refractivity contribution >= 4 is 71.3 Å². The average molecular weight is 714 g/mol. The lowest BCUT2D eigenvalue weighted by Crippen LogP contribution is -2.12. The summed E-state index contributed by atoms with van der Waals surface area (Å²) in [5.74, 6) is 0. The van der Waals surface area contributed by atoms with Crippen LogP contribution in [0.3, 0.4) is 0 Å². The Balaban J connectivity index is 1.23. The van der Waals surface area contributed by atoms with Crippen LogP contribution in [0.15, 0.2) is 217 Å². The fourth-order valence-electron chi connectivity index (χ4n) is 8.59. The van der Waals surface area contributed by atoms with Crippen molar-refractivity contribution in [3.63, 3.8) is 0 Å². The van der Waals surface area contributed by atoms with Gasteiger partial charge in [-0.1, -0.05) is 158 Å². The summed E-state index contributed by atoms with van der Waals surface area (Å²) in [5, 5.41) is 9.57. The van der Waals surface area contributed by atoms with E-state index in [1.807, 2.05) is 6.07 Å². The van der Waals surface area contributed by atoms with Crippen molar-refractivity contribution in [1.82, 2.24) is 0 Å². The van der Waals surface area contributed by atoms with E-state index < -0.39 is 0 Å². The zero-order valence-electron chi connectivity index (χ0n) is 30.6. The van der Waals surface area contributed by atoms with E-state index in [-0.39, 0.29) is 0 Å². The van der Waals surface area contributed by atoms with Crippen molar-refractivity contribution in [1.29, 1.82) is 0 Å². The zero-order valence-corrected chi connectivity index (χ0v) is 30.6. The van der Waals surface area contributed by atoms with Crippen molar-refractivity contribution in [2.45, 2.75) is 0 Å². The molecule has 0 saturated heterocycles. The molecule has 0 unspecified atom stereocenters. The smallest absolute Gasteiger partial charge is 0.135 e. The molecule has 1 heterocycles. The first-order chi connectivity index (χ1) is 27.8. The predicted octanol–water partition coefficient (Wildman–Crippen LogP) is 15.5. The van der Waals surface area contributed by atoms with Gasteiger partial charge < -0.3 is 9.32 Å². The predicted molar refractivity (Wildman–Crippen MR) is 237 cm³/mol. The van der Waals surface area contributed by atoms with Crippen LogP contribution in [0.4, 0.5) is 17.1 Å². The molecule has 0 spiro atoms. The molecular formula is C54H35NO. The van der Waals surface area contributed by atoms with Gasteiger partial charge in [-0.15, -0.1) is 0 Å². The Morgan fingerprint density at radius 1 is 0.304 bits per heavy atom. The molecule has 11 aromatic rings. The number of rotatable bonds is 6. The molecule has 10 aromatic carbocycles. The van der Waals surface area contributed by atoms with Gasteiger partial charge in [-0.25, -0.2) is 0 Å². The number of anilines is 3. The maximum Gasteiger partial charge on any atom is 0.135 e. The minimum Gasteiger partial charge on any atom is -0.456 e. The van der Waals surface area contributed by atoms with Crippen molar-refractivity contribution in [3.8, 4) is 33.4 Å². The highest BCUT2D eigenvalue weighted by Gasteiger charge is 2.23. The molecule has 0 atom stereocenters. The molecule has 2 nitrogen and oxygen atoms in total. The first-order valence-corrected chi connectivity index (χ1v) is 19.2. The molecule has 0 aliphatic heterocycles. The molecule has 0 saturated carbocycles. The summed E-state index contributed by atoms with van der Waals surface area (Å²) < 4.78 is 6.36. The van der Waals surface area contributed by atoms with Crippen LogP contribution in [0.5, 0.6) is 0 Å². The molecular weight excluding hydrogens is 679 g/mol. The van der Waals surface area contributed by atoms with Crippen LogP contribution in [0.1, 0.15) is 0 Å². The summed E-state index contributed by atoms with van der Waals surface area (Å²) in [6.07, 6.45) is 0. The van der Waals surface area contributed by atoms with E-state index in [0.717, 1.165) is 50.1 Å². The standard InChI is InChI=1S/C54H35NO/c1-2-13-36(14-3-1)38-25-29-42(30-26-38)55(43-31-27-37-15-4-5-16-39(37)33-43)51-23-12-22-48(49-34-40-17-6-7-18-44(40)45-19-8-9-20-46(45)49)54(51)41-28-32-53-50(35-41)47-21-10-11-24-52(47)56-53/h1-35H. The molecule has 0 bridgehead atoms. The van der Waals surface area contributed by atoms with Crippen LogP contribution in [-0.4, -0.2) is 0 Å². The maximum atomic E-state index is 6.36. The number of fused-ring (bicyclic) bond motifs is 7. The second-order valence-electron chi connectivity index (χ2n) is 14.5. The lowest BCUT2D eigenvalue weighted by atomic mass is 9.87. The maximum absolute atomic E-state index is 6.36. The Morgan fingerprint density at radius 2 is 0.929 bits per heavy atom. The van der Waals surface area contributed by atoms with Crippen LogP contribution in [0.2, 0.25) is 0 Å². The SMILES string of the molecule is c1ccc(-c2ccc(N(c3ccc4ccccc4c3)c3cccc(-c4cc5ccccc5c5ccccc45)c3-c3ccc4oc5ccccc5c4c3)cc2)cc1. The van der Waals surface area contributed by atoms with Crippen LogP contribution < -0.4 is 4.90 Å². The summed E-state index contributed by atoms with van der Waals surface area (Å²) in [7, 11) is 0. The first kappa shape index (κ1) is 32.0. The van der Waals surface area contributed by atoms with E-state index in [0.29, 0.717) is 0 Å². The van der Waals surface area contributed by atoms with Gasteiger partial charge in [-0.05, 0) is 115 Å². The van der Waals surface area contributed by atoms with Gasteiger partial charge in [0, 0.05) is 27.7 Å². The third-order valence-corrected chi connectivity index (χ3v) is 11.2. The fraction of sp³-hybridized carbons (Fsp3) is 0. The van der Waals surface area contributed by atoms with Gasteiger partial charge in [0.15, 0.2) is 0 Å². The fourth-order valence-corrected chi connectivity index (χ4v) is 8.59. The number of hydrogen-bond donors (Lipinski definition) is 0. The van der Waals surface area contributed by atoms with E-state index in [1.54, 1.807) is 0 Å². The molecule has 56 heavy (non-hydrogen) atoms. The zero-order chi connectivity index (χ0) is 37.0. The van der Waals surface area contributed by atoms with E-state index >= 15 is 0 Å². The molecule has 11 rings (SSSR count). The molecule has 1 aromatic heterocycles. The number of benzene rings is 10. The van der Waals surface area contributed by atoms with Gasteiger partial charge in [0.25, 0.3) is 0 Å². The van der Waals surface area contributed by atoms with Crippen molar-refractivity contribution < 1.29 is 4.42 Å². The first-order valence-electron chi connectivity index (χ1n) is 19.2. The van der Waals surface area contributed by atoms with E-state index in [4.69, 9.17) is 4.42 Å². The van der Waals surface area contributed by atoms with Crippen molar-refractivity contribution in [2.24, 2.45) is 0 Å². The third kappa shape index (κ3) is 5.34. The van der Waals surface area contributed by atoms with Gasteiger partial charge in [0.2, 0.25) is 0 Å². The van der Waals surface area contributed by atoms with Gasteiger partial charge in [0.05, 0.1) is 5.69 Å². The number of para-hydroxylation sites is 1. The minimum absolute atomic E-state index is 0.882. The Hall–Kier alpha value is -7.42. The van der Waals surface area contributed by atoms with Gasteiger partial charge in [-0.3, -0.25) is 0 Å². The van der Waals surface area contributed by atoms with Crippen molar-refractivity contribution in [3.05, 3.63) is 212 Å². The molecule has 0 fully saturated rings. The molecule has 0 radical (unpaired) electrons.